The molecular weight excluding hydrogens is 448 g/mol. The summed E-state index contributed by atoms with van der Waals surface area (Å²) in [5, 5.41) is 23.8. The first kappa shape index (κ1) is 23.0. The van der Waals surface area contributed by atoms with Crippen LogP contribution in [0.1, 0.15) is 60.3 Å². The molecule has 2 N–H and O–H groups in total. The lowest BCUT2D eigenvalue weighted by Gasteiger charge is -2.31. The summed E-state index contributed by atoms with van der Waals surface area (Å²) in [7, 11) is 0. The standard InChI is InChI=1S/C24H28N8O3/c1-15(14-33)32-22(28-29-30-32)19-7-4-8-21(26-19)27-23(34)20-11-18-13-31(10-9-17(18)12-25-20)24(35)16-5-2-3-6-16/h4,7-8,11-12,15-16,33H,2-3,5-6,9-10,13-14H2,1H3,(H,26,27,34)/t15-/m1/s1. The molecule has 0 bridgehead atoms. The predicted octanol–water partition coefficient (Wildman–Crippen LogP) is 2.01. The van der Waals surface area contributed by atoms with E-state index in [1.807, 2.05) is 4.90 Å². The molecule has 3 aromatic rings. The minimum atomic E-state index is -0.389. The largest absolute Gasteiger partial charge is 0.394 e. The van der Waals surface area contributed by atoms with Crippen molar-refractivity contribution >= 4 is 17.6 Å². The van der Waals surface area contributed by atoms with Crippen LogP contribution in [0.5, 0.6) is 0 Å². The van der Waals surface area contributed by atoms with E-state index in [1.54, 1.807) is 37.4 Å². The van der Waals surface area contributed by atoms with Gasteiger partial charge in [-0.05, 0) is 65.9 Å². The van der Waals surface area contributed by atoms with Gasteiger partial charge in [-0.15, -0.1) is 5.10 Å². The summed E-state index contributed by atoms with van der Waals surface area (Å²) in [6.07, 6.45) is 6.68. The summed E-state index contributed by atoms with van der Waals surface area (Å²) < 4.78 is 1.48. The molecule has 0 spiro atoms. The van der Waals surface area contributed by atoms with Gasteiger partial charge in [0.25, 0.3) is 5.91 Å². The summed E-state index contributed by atoms with van der Waals surface area (Å²) in [6, 6.07) is 6.60. The number of nitrogens with one attached hydrogen (secondary N) is 1. The highest BCUT2D eigenvalue weighted by Crippen LogP contribution is 2.29. The molecule has 2 aliphatic rings. The summed E-state index contributed by atoms with van der Waals surface area (Å²) >= 11 is 0. The number of fused-ring (bicyclic) bond motifs is 1. The van der Waals surface area contributed by atoms with E-state index in [4.69, 9.17) is 0 Å². The number of tetrazole rings is 1. The van der Waals surface area contributed by atoms with E-state index in [2.05, 4.69) is 30.8 Å². The van der Waals surface area contributed by atoms with Crippen LogP contribution in [0.4, 0.5) is 5.82 Å². The van der Waals surface area contributed by atoms with Gasteiger partial charge in [0.1, 0.15) is 17.2 Å². The molecule has 1 fully saturated rings. The zero-order valence-electron chi connectivity index (χ0n) is 19.6. The predicted molar refractivity (Wildman–Crippen MR) is 126 cm³/mol. The lowest BCUT2D eigenvalue weighted by Crippen LogP contribution is -2.39. The molecule has 5 rings (SSSR count). The number of hydrogen-bond donors (Lipinski definition) is 2. The smallest absolute Gasteiger partial charge is 0.275 e. The van der Waals surface area contributed by atoms with Crippen molar-refractivity contribution in [3.63, 3.8) is 0 Å². The fraction of sp³-hybridized carbons (Fsp3) is 0.458. The molecule has 35 heavy (non-hydrogen) atoms. The lowest BCUT2D eigenvalue weighted by molar-refractivity contribution is -0.136. The molecule has 1 aliphatic carbocycles. The van der Waals surface area contributed by atoms with Gasteiger partial charge in [-0.3, -0.25) is 14.6 Å². The molecule has 11 heteroatoms. The van der Waals surface area contributed by atoms with E-state index in [9.17, 15) is 14.7 Å². The number of hydrogen-bond acceptors (Lipinski definition) is 8. The molecular formula is C24H28N8O3. The van der Waals surface area contributed by atoms with E-state index in [0.717, 1.165) is 43.2 Å². The quantitative estimate of drug-likeness (QED) is 0.551. The van der Waals surface area contributed by atoms with Crippen molar-refractivity contribution in [2.24, 2.45) is 5.92 Å². The fourth-order valence-electron chi connectivity index (χ4n) is 4.73. The van der Waals surface area contributed by atoms with Gasteiger partial charge in [-0.2, -0.15) is 0 Å². The van der Waals surface area contributed by atoms with Gasteiger partial charge in [0.05, 0.1) is 12.6 Å². The molecule has 2 amide bonds. The van der Waals surface area contributed by atoms with Crippen LogP contribution in [-0.2, 0) is 17.8 Å². The van der Waals surface area contributed by atoms with Crippen LogP contribution in [0, 0.1) is 5.92 Å². The molecule has 11 nitrogen and oxygen atoms in total. The van der Waals surface area contributed by atoms with Gasteiger partial charge < -0.3 is 15.3 Å². The topological polar surface area (TPSA) is 139 Å². The molecule has 4 heterocycles. The van der Waals surface area contributed by atoms with E-state index >= 15 is 0 Å². The third-order valence-corrected chi connectivity index (χ3v) is 6.74. The third-order valence-electron chi connectivity index (χ3n) is 6.74. The van der Waals surface area contributed by atoms with Crippen molar-refractivity contribution in [2.45, 2.75) is 51.6 Å². The number of aliphatic hydroxyl groups is 1. The number of amides is 2. The number of nitrogens with zero attached hydrogens (tertiary/aromatic N) is 7. The Morgan fingerprint density at radius 2 is 2.06 bits per heavy atom. The van der Waals surface area contributed by atoms with Gasteiger partial charge in [0.15, 0.2) is 0 Å². The van der Waals surface area contributed by atoms with Crippen molar-refractivity contribution in [3.8, 4) is 11.5 Å². The van der Waals surface area contributed by atoms with Crippen LogP contribution in [0.15, 0.2) is 30.5 Å². The highest BCUT2D eigenvalue weighted by Gasteiger charge is 2.30. The maximum atomic E-state index is 13.0. The number of aromatic nitrogens is 6. The van der Waals surface area contributed by atoms with Crippen LogP contribution < -0.4 is 5.32 Å². The van der Waals surface area contributed by atoms with E-state index in [0.29, 0.717) is 30.4 Å². The number of pyridine rings is 2. The van der Waals surface area contributed by atoms with Gasteiger partial charge in [0, 0.05) is 25.2 Å². The van der Waals surface area contributed by atoms with Crippen LogP contribution in [0.3, 0.4) is 0 Å². The normalized spacial score (nSPS) is 16.7. The van der Waals surface area contributed by atoms with Gasteiger partial charge >= 0.3 is 0 Å². The second kappa shape index (κ2) is 9.87. The van der Waals surface area contributed by atoms with Crippen LogP contribution in [0.2, 0.25) is 0 Å². The Morgan fingerprint density at radius 3 is 2.86 bits per heavy atom. The molecule has 0 unspecified atom stereocenters. The SMILES string of the molecule is C[C@H](CO)n1nnnc1-c1cccc(NC(=O)c2cc3c(cn2)CCN(C(=O)C2CCCC2)C3)n1. The first-order valence-corrected chi connectivity index (χ1v) is 12.0. The Morgan fingerprint density at radius 1 is 1.23 bits per heavy atom. The Hall–Kier alpha value is -3.73. The average Bonchev–Trinajstić information content (AvgIpc) is 3.60. The number of carbonyl (C=O) groups is 2. The van der Waals surface area contributed by atoms with Gasteiger partial charge in [0.2, 0.25) is 11.7 Å². The second-order valence-corrected chi connectivity index (χ2v) is 9.17. The molecule has 0 aromatic carbocycles. The van der Waals surface area contributed by atoms with Crippen molar-refractivity contribution in [2.75, 3.05) is 18.5 Å². The number of rotatable bonds is 6. The fourth-order valence-corrected chi connectivity index (χ4v) is 4.73. The highest BCUT2D eigenvalue weighted by molar-refractivity contribution is 6.02. The zero-order chi connectivity index (χ0) is 24.4. The van der Waals surface area contributed by atoms with Gasteiger partial charge in [-0.1, -0.05) is 18.9 Å². The molecule has 182 valence electrons. The molecule has 1 saturated carbocycles. The molecule has 1 atom stereocenters. The maximum absolute atomic E-state index is 13.0. The van der Waals surface area contributed by atoms with Crippen molar-refractivity contribution < 1.29 is 14.7 Å². The Bertz CT molecular complexity index is 1240. The number of aliphatic hydroxyl groups excluding tert-OH is 1. The van der Waals surface area contributed by atoms with Crippen molar-refractivity contribution in [1.82, 2.24) is 35.1 Å². The summed E-state index contributed by atoms with van der Waals surface area (Å²) in [4.78, 5) is 36.6. The number of anilines is 1. The van der Waals surface area contributed by atoms with Crippen LogP contribution in [-0.4, -0.2) is 65.1 Å². The Labute approximate surface area is 202 Å². The molecule has 0 radical (unpaired) electrons. The van der Waals surface area contributed by atoms with Crippen LogP contribution >= 0.6 is 0 Å². The Kier molecular flexibility index (Phi) is 6.49. The molecule has 3 aromatic heterocycles. The Balaban J connectivity index is 1.31. The third kappa shape index (κ3) is 4.76. The summed E-state index contributed by atoms with van der Waals surface area (Å²) in [6.45, 7) is 2.87. The molecule has 1 aliphatic heterocycles. The lowest BCUT2D eigenvalue weighted by atomic mass is 9.98. The number of carbonyl (C=O) groups excluding carboxylic acids is 2. The first-order valence-electron chi connectivity index (χ1n) is 12.0. The maximum Gasteiger partial charge on any atom is 0.275 e. The minimum absolute atomic E-state index is 0.123. The minimum Gasteiger partial charge on any atom is -0.394 e. The highest BCUT2D eigenvalue weighted by atomic mass is 16.3. The summed E-state index contributed by atoms with van der Waals surface area (Å²) in [5.74, 6) is 0.702. The van der Waals surface area contributed by atoms with E-state index < -0.39 is 0 Å². The van der Waals surface area contributed by atoms with Crippen LogP contribution in [0.25, 0.3) is 11.5 Å². The zero-order valence-corrected chi connectivity index (χ0v) is 19.6. The first-order chi connectivity index (χ1) is 17.0. The van der Waals surface area contributed by atoms with Crippen molar-refractivity contribution in [3.05, 3.63) is 47.3 Å². The van der Waals surface area contributed by atoms with Crippen molar-refractivity contribution in [1.29, 1.82) is 0 Å². The van der Waals surface area contributed by atoms with E-state index in [-0.39, 0.29) is 36.1 Å². The second-order valence-electron chi connectivity index (χ2n) is 9.17. The molecule has 0 saturated heterocycles. The van der Waals surface area contributed by atoms with E-state index in [1.165, 1.54) is 4.68 Å². The monoisotopic (exact) mass is 476 g/mol. The summed E-state index contributed by atoms with van der Waals surface area (Å²) in [5.41, 5.74) is 2.76. The van der Waals surface area contributed by atoms with Gasteiger partial charge in [-0.25, -0.2) is 9.67 Å². The average molecular weight is 477 g/mol.